The fourth-order valence-corrected chi connectivity index (χ4v) is 3.96. The van der Waals surface area contributed by atoms with Gasteiger partial charge in [0.15, 0.2) is 5.82 Å². The van der Waals surface area contributed by atoms with Gasteiger partial charge in [-0.05, 0) is 42.5 Å². The van der Waals surface area contributed by atoms with Gasteiger partial charge in [0.1, 0.15) is 0 Å². The van der Waals surface area contributed by atoms with Crippen molar-refractivity contribution in [1.82, 2.24) is 29.6 Å². The summed E-state index contributed by atoms with van der Waals surface area (Å²) in [5.41, 5.74) is 2.06. The summed E-state index contributed by atoms with van der Waals surface area (Å²) in [6.45, 7) is 0.653. The van der Waals surface area contributed by atoms with Crippen molar-refractivity contribution in [1.29, 1.82) is 0 Å². The highest BCUT2D eigenvalue weighted by molar-refractivity contribution is 7.13. The second kappa shape index (κ2) is 6.75. The number of thiophene rings is 1. The van der Waals surface area contributed by atoms with E-state index in [4.69, 9.17) is 0 Å². The lowest BCUT2D eigenvalue weighted by molar-refractivity contribution is 0.0952. The molecule has 1 aliphatic rings. The Kier molecular flexibility index (Phi) is 4.09. The highest BCUT2D eigenvalue weighted by Crippen LogP contribution is 2.37. The Hall–Kier alpha value is -3.20. The number of carbonyl (C=O) groups is 1. The van der Waals surface area contributed by atoms with Gasteiger partial charge in [0.2, 0.25) is 0 Å². The number of amides is 1. The van der Waals surface area contributed by atoms with Crippen molar-refractivity contribution in [3.8, 4) is 10.7 Å². The number of benzene rings is 1. The van der Waals surface area contributed by atoms with Crippen LogP contribution >= 0.6 is 11.3 Å². The van der Waals surface area contributed by atoms with E-state index in [1.807, 2.05) is 17.5 Å². The quantitative estimate of drug-likeness (QED) is 0.525. The van der Waals surface area contributed by atoms with E-state index >= 15 is 0 Å². The summed E-state index contributed by atoms with van der Waals surface area (Å²) in [5, 5.41) is 9.37. The Bertz CT molecular complexity index is 1200. The molecule has 142 valence electrons. The molecule has 5 rings (SSSR count). The topological polar surface area (TPSA) is 97.6 Å². The van der Waals surface area contributed by atoms with Crippen LogP contribution in [0.25, 0.3) is 21.7 Å². The van der Waals surface area contributed by atoms with Gasteiger partial charge in [-0.15, -0.1) is 16.4 Å². The van der Waals surface area contributed by atoms with Crippen molar-refractivity contribution in [2.24, 2.45) is 0 Å². The molecule has 4 aromatic rings. The zero-order valence-corrected chi connectivity index (χ0v) is 15.8. The summed E-state index contributed by atoms with van der Waals surface area (Å²) in [6.07, 6.45) is 3.62. The summed E-state index contributed by atoms with van der Waals surface area (Å²) in [4.78, 5) is 33.3. The smallest absolute Gasteiger partial charge is 0.346 e. The minimum Gasteiger partial charge on any atom is -0.350 e. The molecule has 3 aromatic heterocycles. The average Bonchev–Trinajstić information content (AvgIpc) is 3.11. The maximum atomic E-state index is 12.8. The SMILES string of the molecule is O=C(NCCn1nc(-c2cccs2)n(C2CC2)c1=O)c1ccc2nc[nH]c2c1. The number of hydrogen-bond acceptors (Lipinski definition) is 5. The minimum atomic E-state index is -0.190. The van der Waals surface area contributed by atoms with Gasteiger partial charge in [-0.25, -0.2) is 14.5 Å². The van der Waals surface area contributed by atoms with Gasteiger partial charge >= 0.3 is 5.69 Å². The number of rotatable bonds is 6. The molecular weight excluding hydrogens is 376 g/mol. The summed E-state index contributed by atoms with van der Waals surface area (Å²) >= 11 is 1.57. The molecule has 1 aliphatic carbocycles. The van der Waals surface area contributed by atoms with Gasteiger partial charge < -0.3 is 10.3 Å². The standard InChI is InChI=1S/C19H18N6O2S/c26-18(12-3-6-14-15(10-12)22-11-21-14)20-7-8-24-19(27)25(13-4-5-13)17(23-24)16-2-1-9-28-16/h1-3,6,9-11,13H,4-5,7-8H2,(H,20,26)(H,21,22). The molecule has 28 heavy (non-hydrogen) atoms. The number of H-pyrrole nitrogens is 1. The van der Waals surface area contributed by atoms with Crippen molar-refractivity contribution in [2.75, 3.05) is 6.54 Å². The molecule has 0 saturated heterocycles. The predicted octanol–water partition coefficient (Wildman–Crippen LogP) is 2.41. The second-order valence-corrected chi connectivity index (χ2v) is 7.75. The van der Waals surface area contributed by atoms with Gasteiger partial charge in [-0.2, -0.15) is 0 Å². The van der Waals surface area contributed by atoms with Crippen LogP contribution in [0.3, 0.4) is 0 Å². The highest BCUT2D eigenvalue weighted by atomic mass is 32.1. The van der Waals surface area contributed by atoms with Crippen molar-refractivity contribution in [3.05, 3.63) is 58.1 Å². The Morgan fingerprint density at radius 2 is 2.21 bits per heavy atom. The van der Waals surface area contributed by atoms with Crippen LogP contribution in [0, 0.1) is 0 Å². The lowest BCUT2D eigenvalue weighted by atomic mass is 10.2. The van der Waals surface area contributed by atoms with Crippen LogP contribution in [0.15, 0.2) is 46.8 Å². The summed E-state index contributed by atoms with van der Waals surface area (Å²) in [6, 6.07) is 9.48. The Balaban J connectivity index is 1.31. The third kappa shape index (κ3) is 3.03. The Morgan fingerprint density at radius 3 is 3.00 bits per heavy atom. The first-order valence-corrected chi connectivity index (χ1v) is 10.0. The van der Waals surface area contributed by atoms with Gasteiger partial charge in [0.25, 0.3) is 5.91 Å². The molecule has 0 atom stereocenters. The lowest BCUT2D eigenvalue weighted by Gasteiger charge is -2.05. The number of nitrogens with one attached hydrogen (secondary N) is 2. The van der Waals surface area contributed by atoms with Gasteiger partial charge in [-0.1, -0.05) is 6.07 Å². The van der Waals surface area contributed by atoms with Crippen molar-refractivity contribution >= 4 is 28.3 Å². The van der Waals surface area contributed by atoms with Crippen LogP contribution in [0.4, 0.5) is 0 Å². The van der Waals surface area contributed by atoms with Crippen LogP contribution in [-0.2, 0) is 6.54 Å². The highest BCUT2D eigenvalue weighted by Gasteiger charge is 2.30. The largest absolute Gasteiger partial charge is 0.350 e. The number of aromatic nitrogens is 5. The van der Waals surface area contributed by atoms with E-state index in [-0.39, 0.29) is 17.6 Å². The molecule has 2 N–H and O–H groups in total. The van der Waals surface area contributed by atoms with E-state index < -0.39 is 0 Å². The van der Waals surface area contributed by atoms with Gasteiger partial charge in [0, 0.05) is 18.2 Å². The maximum absolute atomic E-state index is 12.8. The zero-order chi connectivity index (χ0) is 19.1. The number of carbonyl (C=O) groups excluding carboxylic acids is 1. The fraction of sp³-hybridized carbons (Fsp3) is 0.263. The number of fused-ring (bicyclic) bond motifs is 1. The van der Waals surface area contributed by atoms with Crippen molar-refractivity contribution < 1.29 is 4.79 Å². The third-order valence-corrected chi connectivity index (χ3v) is 5.68. The van der Waals surface area contributed by atoms with Gasteiger partial charge in [-0.3, -0.25) is 9.36 Å². The first-order chi connectivity index (χ1) is 13.7. The van der Waals surface area contributed by atoms with E-state index in [0.717, 1.165) is 34.6 Å². The first kappa shape index (κ1) is 16.9. The van der Waals surface area contributed by atoms with E-state index in [1.165, 1.54) is 4.68 Å². The molecule has 0 radical (unpaired) electrons. The number of aromatic amines is 1. The molecule has 0 bridgehead atoms. The van der Waals surface area contributed by atoms with E-state index in [0.29, 0.717) is 18.7 Å². The van der Waals surface area contributed by atoms with E-state index in [2.05, 4.69) is 20.4 Å². The van der Waals surface area contributed by atoms with Crippen molar-refractivity contribution in [2.45, 2.75) is 25.4 Å². The van der Waals surface area contributed by atoms with Crippen LogP contribution in [0.1, 0.15) is 29.2 Å². The molecule has 0 unspecified atom stereocenters. The minimum absolute atomic E-state index is 0.112. The Labute approximate surface area is 163 Å². The summed E-state index contributed by atoms with van der Waals surface area (Å²) < 4.78 is 3.24. The first-order valence-electron chi connectivity index (χ1n) is 9.15. The molecular formula is C19H18N6O2S. The lowest BCUT2D eigenvalue weighted by Crippen LogP contribution is -2.32. The molecule has 0 spiro atoms. The summed E-state index contributed by atoms with van der Waals surface area (Å²) in [7, 11) is 0. The molecule has 1 fully saturated rings. The fourth-order valence-electron chi connectivity index (χ4n) is 3.26. The molecule has 1 saturated carbocycles. The number of imidazole rings is 1. The predicted molar refractivity (Wildman–Crippen MR) is 106 cm³/mol. The normalized spacial score (nSPS) is 13.9. The van der Waals surface area contributed by atoms with Crippen LogP contribution < -0.4 is 11.0 Å². The van der Waals surface area contributed by atoms with E-state index in [9.17, 15) is 9.59 Å². The van der Waals surface area contributed by atoms with Crippen LogP contribution in [0.5, 0.6) is 0 Å². The monoisotopic (exact) mass is 394 g/mol. The Morgan fingerprint density at radius 1 is 1.32 bits per heavy atom. The number of hydrogen-bond donors (Lipinski definition) is 2. The average molecular weight is 394 g/mol. The molecule has 9 heteroatoms. The van der Waals surface area contributed by atoms with Crippen LogP contribution in [-0.4, -0.2) is 36.8 Å². The molecule has 1 aromatic carbocycles. The summed E-state index contributed by atoms with van der Waals surface area (Å²) in [5.74, 6) is 0.531. The second-order valence-electron chi connectivity index (χ2n) is 6.80. The molecule has 3 heterocycles. The van der Waals surface area contributed by atoms with Gasteiger partial charge in [0.05, 0.1) is 28.8 Å². The zero-order valence-electron chi connectivity index (χ0n) is 15.0. The number of nitrogens with zero attached hydrogens (tertiary/aromatic N) is 4. The molecule has 1 amide bonds. The third-order valence-electron chi connectivity index (χ3n) is 4.82. The van der Waals surface area contributed by atoms with Crippen LogP contribution in [0.2, 0.25) is 0 Å². The maximum Gasteiger partial charge on any atom is 0.346 e. The van der Waals surface area contributed by atoms with Crippen molar-refractivity contribution in [3.63, 3.8) is 0 Å². The van der Waals surface area contributed by atoms with E-state index in [1.54, 1.807) is 40.4 Å². The molecule has 0 aliphatic heterocycles. The molecule has 8 nitrogen and oxygen atoms in total.